The van der Waals surface area contributed by atoms with Crippen molar-refractivity contribution in [3.05, 3.63) is 376 Å². The van der Waals surface area contributed by atoms with E-state index < -0.39 is 0 Å². The third kappa shape index (κ3) is 9.30. The summed E-state index contributed by atoms with van der Waals surface area (Å²) in [6, 6.07) is 139. The van der Waals surface area contributed by atoms with E-state index in [9.17, 15) is 0 Å². The average Bonchev–Trinajstić information content (AvgIpc) is 0.718. The van der Waals surface area contributed by atoms with Gasteiger partial charge in [-0.05, 0) is 226 Å². The van der Waals surface area contributed by atoms with Gasteiger partial charge in [-0.25, -0.2) is 0 Å². The molecule has 0 fully saturated rings. The van der Waals surface area contributed by atoms with Crippen LogP contribution in [0.1, 0.15) is 0 Å². The van der Waals surface area contributed by atoms with Crippen molar-refractivity contribution >= 4 is 118 Å². The van der Waals surface area contributed by atoms with Crippen molar-refractivity contribution in [3.63, 3.8) is 0 Å². The largest absolute Gasteiger partial charge is 0.0622 e. The molecule has 0 spiro atoms. The maximum Gasteiger partial charge on any atom is -0.00141 e. The van der Waals surface area contributed by atoms with E-state index in [4.69, 9.17) is 0 Å². The Morgan fingerprint density at radius 3 is 0.790 bits per heavy atom. The molecule has 0 bridgehead atoms. The van der Waals surface area contributed by atoms with Gasteiger partial charge >= 0.3 is 0 Å². The zero-order chi connectivity index (χ0) is 65.8. The highest BCUT2D eigenvalue weighted by Crippen LogP contribution is 2.50. The van der Waals surface area contributed by atoms with Crippen LogP contribution in [0.25, 0.3) is 208 Å². The fraction of sp³-hybridized carbons (Fsp3) is 0. The lowest BCUT2D eigenvalue weighted by Crippen LogP contribution is -1.93. The highest BCUT2D eigenvalue weighted by atomic mass is 14.3. The molecule has 0 saturated heterocycles. The van der Waals surface area contributed by atoms with E-state index in [1.165, 1.54) is 208 Å². The minimum absolute atomic E-state index is 1.22. The van der Waals surface area contributed by atoms with Crippen molar-refractivity contribution in [3.8, 4) is 89.0 Å². The van der Waals surface area contributed by atoms with E-state index in [1.807, 2.05) is 0 Å². The Hall–Kier alpha value is -13.0. The molecule has 0 aliphatic heterocycles. The first-order valence-electron chi connectivity index (χ1n) is 34.8. The predicted molar refractivity (Wildman–Crippen MR) is 431 cm³/mol. The van der Waals surface area contributed by atoms with E-state index >= 15 is 0 Å². The van der Waals surface area contributed by atoms with Crippen LogP contribution in [-0.4, -0.2) is 0 Å². The molecule has 100 heavy (non-hydrogen) atoms. The van der Waals surface area contributed by atoms with Gasteiger partial charge in [-0.3, -0.25) is 0 Å². The molecule has 0 aliphatic rings. The topological polar surface area (TPSA) is 0 Å². The molecule has 21 aromatic rings. The van der Waals surface area contributed by atoms with Gasteiger partial charge in [0, 0.05) is 0 Å². The van der Waals surface area contributed by atoms with Gasteiger partial charge in [0.25, 0.3) is 0 Å². The molecule has 21 aromatic carbocycles. The van der Waals surface area contributed by atoms with Crippen molar-refractivity contribution in [2.45, 2.75) is 0 Å². The highest BCUT2D eigenvalue weighted by molar-refractivity contribution is 6.32. The van der Waals surface area contributed by atoms with Crippen LogP contribution in [0.4, 0.5) is 0 Å². The first-order chi connectivity index (χ1) is 49.6. The van der Waals surface area contributed by atoms with Crippen molar-refractivity contribution < 1.29 is 0 Å². The Balaban J connectivity index is 0.000000135. The Bertz CT molecular complexity index is 6780. The Morgan fingerprint density at radius 1 is 0.100 bits per heavy atom. The SMILES string of the molecule is c1ccc(-c2cc(-c3cccc(-c4cccc5ccccc45)c3)c3ccc4c(-c5cccc6ccccc56)ccc5ccc2c3c54)cc1.c1ccc2c(-c3ccc(-c4cc(-c5cccc6ccccc56)c5ccc6ccc(-c7cccc8ccccc78)c7ccc4c5c67)cc3)cccc2c1. The molecule has 0 atom stereocenters. The number of hydrogen-bond donors (Lipinski definition) is 0. The van der Waals surface area contributed by atoms with Crippen molar-refractivity contribution in [2.75, 3.05) is 0 Å². The molecule has 0 aliphatic carbocycles. The number of hydrogen-bond acceptors (Lipinski definition) is 0. The second-order valence-electron chi connectivity index (χ2n) is 26.8. The van der Waals surface area contributed by atoms with Gasteiger partial charge < -0.3 is 0 Å². The summed E-state index contributed by atoms with van der Waals surface area (Å²) >= 11 is 0. The van der Waals surface area contributed by atoms with Gasteiger partial charge in [0.2, 0.25) is 0 Å². The van der Waals surface area contributed by atoms with Crippen molar-refractivity contribution in [1.82, 2.24) is 0 Å². The van der Waals surface area contributed by atoms with Crippen LogP contribution >= 0.6 is 0 Å². The smallest absolute Gasteiger partial charge is 0.00141 e. The second-order valence-corrected chi connectivity index (χ2v) is 26.8. The normalized spacial score (nSPS) is 11.8. The van der Waals surface area contributed by atoms with Gasteiger partial charge in [0.1, 0.15) is 0 Å². The van der Waals surface area contributed by atoms with Crippen LogP contribution in [0.3, 0.4) is 0 Å². The summed E-state index contributed by atoms with van der Waals surface area (Å²) in [5.41, 5.74) is 20.1. The summed E-state index contributed by atoms with van der Waals surface area (Å²) in [6.45, 7) is 0. The Morgan fingerprint density at radius 2 is 0.350 bits per heavy atom. The minimum atomic E-state index is 1.22. The second kappa shape index (κ2) is 23.4. The third-order valence-corrected chi connectivity index (χ3v) is 21.5. The average molecular weight is 1260 g/mol. The van der Waals surface area contributed by atoms with E-state index in [0.717, 1.165) is 0 Å². The van der Waals surface area contributed by atoms with Crippen LogP contribution in [-0.2, 0) is 0 Å². The molecule has 21 rings (SSSR count). The number of rotatable bonds is 8. The van der Waals surface area contributed by atoms with E-state index in [2.05, 4.69) is 376 Å². The maximum atomic E-state index is 2.45. The molecule has 0 aromatic heterocycles. The summed E-state index contributed by atoms with van der Waals surface area (Å²) in [4.78, 5) is 0. The zero-order valence-electron chi connectivity index (χ0n) is 54.8. The van der Waals surface area contributed by atoms with Gasteiger partial charge in [-0.2, -0.15) is 0 Å². The van der Waals surface area contributed by atoms with E-state index in [1.54, 1.807) is 0 Å². The van der Waals surface area contributed by atoms with Gasteiger partial charge in [0.15, 0.2) is 0 Å². The van der Waals surface area contributed by atoms with Crippen molar-refractivity contribution in [2.24, 2.45) is 0 Å². The maximum absolute atomic E-state index is 2.45. The van der Waals surface area contributed by atoms with Crippen LogP contribution in [0.2, 0.25) is 0 Å². The fourth-order valence-corrected chi connectivity index (χ4v) is 16.8. The summed E-state index contributed by atoms with van der Waals surface area (Å²) in [5, 5.41) is 28.3. The van der Waals surface area contributed by atoms with Crippen LogP contribution in [0.15, 0.2) is 376 Å². The van der Waals surface area contributed by atoms with E-state index in [0.29, 0.717) is 0 Å². The third-order valence-electron chi connectivity index (χ3n) is 21.5. The zero-order valence-corrected chi connectivity index (χ0v) is 54.8. The lowest BCUT2D eigenvalue weighted by Gasteiger charge is -2.20. The fourth-order valence-electron chi connectivity index (χ4n) is 16.8. The first kappa shape index (κ1) is 57.3. The number of benzene rings is 21. The van der Waals surface area contributed by atoms with Crippen molar-refractivity contribution in [1.29, 1.82) is 0 Å². The molecule has 0 amide bonds. The molecule has 0 heterocycles. The minimum Gasteiger partial charge on any atom is -0.0622 e. The van der Waals surface area contributed by atoms with E-state index in [-0.39, 0.29) is 0 Å². The molecule has 0 nitrogen and oxygen atoms in total. The number of fused-ring (bicyclic) bond motifs is 5. The highest BCUT2D eigenvalue weighted by Gasteiger charge is 2.23. The molecular weight excluding hydrogens is 1200 g/mol. The summed E-state index contributed by atoms with van der Waals surface area (Å²) in [7, 11) is 0. The monoisotopic (exact) mass is 1260 g/mol. The Labute approximate surface area is 579 Å². The predicted octanol–water partition coefficient (Wildman–Crippen LogP) is 28.3. The molecule has 0 radical (unpaired) electrons. The molecule has 0 heteroatoms. The van der Waals surface area contributed by atoms with Gasteiger partial charge in [-0.1, -0.05) is 358 Å². The first-order valence-corrected chi connectivity index (χ1v) is 34.8. The lowest BCUT2D eigenvalue weighted by atomic mass is 9.83. The van der Waals surface area contributed by atoms with Crippen LogP contribution in [0, 0.1) is 0 Å². The quantitative estimate of drug-likeness (QED) is 0.133. The molecule has 0 unspecified atom stereocenters. The summed E-state index contributed by atoms with van der Waals surface area (Å²) in [6.07, 6.45) is 0. The van der Waals surface area contributed by atoms with Gasteiger partial charge in [0.05, 0.1) is 0 Å². The Kier molecular flexibility index (Phi) is 13.4. The standard InChI is InChI=1S/C52H32.C48H30/c1-4-16-39-33(10-1)13-7-19-40(39)36-22-24-37(25-23-36)49-32-50(44-21-9-15-35-12-3-6-18-42(35)44)48-29-27-38-26-28-45(46-30-31-47(49)52(48)51(38)46)43-20-8-14-34-11-2-5-17-41(34)43;1-2-11-33(12-3-1)45-30-46(36-18-8-17-35(29-36)39-21-9-15-31-13-4-6-19-37(31)39)44-28-27-42-41(25-23-34-24-26-43(45)48(44)47(34)42)40-22-10-16-32-14-5-7-20-38(32)40/h1-32H;1-30H. The molecule has 0 saturated carbocycles. The van der Waals surface area contributed by atoms with Crippen LogP contribution in [0.5, 0.6) is 0 Å². The lowest BCUT2D eigenvalue weighted by molar-refractivity contribution is 1.62. The van der Waals surface area contributed by atoms with Crippen LogP contribution < -0.4 is 0 Å². The summed E-state index contributed by atoms with van der Waals surface area (Å²) < 4.78 is 0. The molecule has 0 N–H and O–H groups in total. The van der Waals surface area contributed by atoms with Gasteiger partial charge in [-0.15, -0.1) is 0 Å². The molecule has 462 valence electrons. The summed E-state index contributed by atoms with van der Waals surface area (Å²) in [5.74, 6) is 0. The molecular formula is C100H62.